The Labute approximate surface area is 197 Å². The fourth-order valence-corrected chi connectivity index (χ4v) is 5.61. The number of aromatic nitrogens is 3. The van der Waals surface area contributed by atoms with Crippen LogP contribution in [0.2, 0.25) is 0 Å². The van der Waals surface area contributed by atoms with Crippen LogP contribution in [0.25, 0.3) is 22.2 Å². The van der Waals surface area contributed by atoms with Crippen LogP contribution in [0.4, 0.5) is 29.1 Å². The maximum Gasteiger partial charge on any atom is 0.265 e. The second-order valence-electron chi connectivity index (χ2n) is 8.32. The van der Waals surface area contributed by atoms with Crippen molar-refractivity contribution in [2.75, 3.05) is 10.5 Å². The quantitative estimate of drug-likeness (QED) is 0.288. The molecule has 12 heteroatoms. The van der Waals surface area contributed by atoms with Gasteiger partial charge in [0.05, 0.1) is 11.1 Å². The Hall–Kier alpha value is -3.67. The van der Waals surface area contributed by atoms with Crippen LogP contribution in [0.5, 0.6) is 0 Å². The van der Waals surface area contributed by atoms with Crippen molar-refractivity contribution >= 4 is 32.6 Å². The molecule has 1 aliphatic carbocycles. The molecular formula is C23H19F4N5O2S. The monoisotopic (exact) mass is 505 g/mol. The molecule has 182 valence electrons. The van der Waals surface area contributed by atoms with Gasteiger partial charge in [0, 0.05) is 17.8 Å². The minimum Gasteiger partial charge on any atom is -0.383 e. The number of nitrogens with two attached hydrogens (primary N) is 1. The van der Waals surface area contributed by atoms with Crippen LogP contribution in [0, 0.1) is 23.3 Å². The zero-order valence-corrected chi connectivity index (χ0v) is 18.9. The first-order valence-electron chi connectivity index (χ1n) is 10.7. The van der Waals surface area contributed by atoms with Gasteiger partial charge in [-0.2, -0.15) is 0 Å². The van der Waals surface area contributed by atoms with Gasteiger partial charge in [0.1, 0.15) is 28.5 Å². The maximum atomic E-state index is 15.0. The highest BCUT2D eigenvalue weighted by atomic mass is 32.2. The highest BCUT2D eigenvalue weighted by Gasteiger charge is 2.26. The topological polar surface area (TPSA) is 103 Å². The SMILES string of the molecule is Nc1ncnc2c1c(-c1ccc(NS(=O)(=O)c3ccc(F)c(F)c3F)c(F)c1)cn2C1CCCC1. The van der Waals surface area contributed by atoms with Gasteiger partial charge in [-0.25, -0.2) is 35.9 Å². The molecule has 0 radical (unpaired) electrons. The van der Waals surface area contributed by atoms with E-state index in [-0.39, 0.29) is 11.9 Å². The van der Waals surface area contributed by atoms with Gasteiger partial charge >= 0.3 is 0 Å². The van der Waals surface area contributed by atoms with E-state index in [1.54, 1.807) is 0 Å². The van der Waals surface area contributed by atoms with E-state index in [9.17, 15) is 21.6 Å². The molecule has 2 aromatic carbocycles. The molecular weight excluding hydrogens is 486 g/mol. The Kier molecular flexibility index (Phi) is 5.62. The van der Waals surface area contributed by atoms with Gasteiger partial charge in [-0.3, -0.25) is 4.72 Å². The Morgan fingerprint density at radius 3 is 2.43 bits per heavy atom. The van der Waals surface area contributed by atoms with Gasteiger partial charge < -0.3 is 10.3 Å². The summed E-state index contributed by atoms with van der Waals surface area (Å²) in [6.07, 6.45) is 7.32. The minimum absolute atomic E-state index is 0.223. The van der Waals surface area contributed by atoms with Crippen molar-refractivity contribution in [2.45, 2.75) is 36.6 Å². The van der Waals surface area contributed by atoms with E-state index in [4.69, 9.17) is 5.73 Å². The lowest BCUT2D eigenvalue weighted by molar-refractivity contribution is 0.432. The number of benzene rings is 2. The Morgan fingerprint density at radius 2 is 1.71 bits per heavy atom. The third kappa shape index (κ3) is 3.97. The fraction of sp³-hybridized carbons (Fsp3) is 0.217. The molecule has 0 atom stereocenters. The molecule has 0 amide bonds. The van der Waals surface area contributed by atoms with E-state index in [0.29, 0.717) is 34.3 Å². The molecule has 0 saturated heterocycles. The molecule has 5 rings (SSSR count). The van der Waals surface area contributed by atoms with Gasteiger partial charge in [-0.1, -0.05) is 18.9 Å². The van der Waals surface area contributed by atoms with Crippen molar-refractivity contribution < 1.29 is 26.0 Å². The van der Waals surface area contributed by atoms with Gasteiger partial charge in [-0.05, 0) is 42.7 Å². The van der Waals surface area contributed by atoms with Crippen LogP contribution in [-0.2, 0) is 10.0 Å². The first-order valence-corrected chi connectivity index (χ1v) is 12.2. The van der Waals surface area contributed by atoms with Crippen LogP contribution < -0.4 is 10.5 Å². The number of nitrogen functional groups attached to an aromatic ring is 1. The normalized spacial score (nSPS) is 14.6. The molecule has 0 spiro atoms. The van der Waals surface area contributed by atoms with Crippen LogP contribution in [0.3, 0.4) is 0 Å². The van der Waals surface area contributed by atoms with E-state index in [2.05, 4.69) is 9.97 Å². The average Bonchev–Trinajstić information content (AvgIpc) is 3.47. The van der Waals surface area contributed by atoms with E-state index in [0.717, 1.165) is 37.8 Å². The van der Waals surface area contributed by atoms with E-state index < -0.39 is 43.9 Å². The standard InChI is InChI=1S/C23H19F4N5O2S/c24-15-6-8-18(21(27)20(15)26)35(33,34)31-17-7-5-12(9-16(17)25)14-10-32(13-3-1-2-4-13)23-19(14)22(28)29-11-30-23/h5-11,13,31H,1-4H2,(H2,28,29,30). The molecule has 1 fully saturated rings. The highest BCUT2D eigenvalue weighted by molar-refractivity contribution is 7.92. The number of fused-ring (bicyclic) bond motifs is 1. The molecule has 4 aromatic rings. The summed E-state index contributed by atoms with van der Waals surface area (Å²) in [5.74, 6) is -6.13. The first-order chi connectivity index (χ1) is 16.7. The first kappa shape index (κ1) is 23.1. The zero-order chi connectivity index (χ0) is 24.9. The van der Waals surface area contributed by atoms with Gasteiger partial charge in [-0.15, -0.1) is 0 Å². The molecule has 7 nitrogen and oxygen atoms in total. The Balaban J connectivity index is 1.53. The number of sulfonamides is 1. The van der Waals surface area contributed by atoms with Crippen molar-refractivity contribution in [3.8, 4) is 11.1 Å². The molecule has 2 aromatic heterocycles. The highest BCUT2D eigenvalue weighted by Crippen LogP contribution is 2.39. The second-order valence-corrected chi connectivity index (χ2v) is 9.97. The predicted molar refractivity (Wildman–Crippen MR) is 122 cm³/mol. The van der Waals surface area contributed by atoms with E-state index in [1.807, 2.05) is 15.5 Å². The van der Waals surface area contributed by atoms with E-state index in [1.165, 1.54) is 12.4 Å². The average molecular weight is 505 g/mol. The van der Waals surface area contributed by atoms with Gasteiger partial charge in [0.15, 0.2) is 17.5 Å². The lowest BCUT2D eigenvalue weighted by atomic mass is 10.1. The van der Waals surface area contributed by atoms with Crippen molar-refractivity contribution in [1.82, 2.24) is 14.5 Å². The molecule has 35 heavy (non-hydrogen) atoms. The van der Waals surface area contributed by atoms with Crippen LogP contribution in [-0.4, -0.2) is 23.0 Å². The van der Waals surface area contributed by atoms with Gasteiger partial charge in [0.25, 0.3) is 10.0 Å². The summed E-state index contributed by atoms with van der Waals surface area (Å²) in [5, 5.41) is 0.552. The molecule has 0 unspecified atom stereocenters. The summed E-state index contributed by atoms with van der Waals surface area (Å²) < 4.78 is 84.6. The third-order valence-corrected chi connectivity index (χ3v) is 7.55. The van der Waals surface area contributed by atoms with Crippen molar-refractivity contribution in [3.63, 3.8) is 0 Å². The number of halogens is 4. The Bertz CT molecular complexity index is 1570. The minimum atomic E-state index is -4.75. The molecule has 1 saturated carbocycles. The summed E-state index contributed by atoms with van der Waals surface area (Å²) in [6, 6.07) is 4.96. The number of hydrogen-bond acceptors (Lipinski definition) is 5. The summed E-state index contributed by atoms with van der Waals surface area (Å²) in [4.78, 5) is 7.27. The number of nitrogens with zero attached hydrogens (tertiary/aromatic N) is 3. The summed E-state index contributed by atoms with van der Waals surface area (Å²) in [5.41, 5.74) is 7.21. The lowest BCUT2D eigenvalue weighted by Gasteiger charge is -2.12. The van der Waals surface area contributed by atoms with Crippen molar-refractivity contribution in [1.29, 1.82) is 0 Å². The summed E-state index contributed by atoms with van der Waals surface area (Å²) in [6.45, 7) is 0. The third-order valence-electron chi connectivity index (χ3n) is 6.17. The second kappa shape index (κ2) is 8.52. The predicted octanol–water partition coefficient (Wildman–Crippen LogP) is 5.15. The van der Waals surface area contributed by atoms with Crippen LogP contribution >= 0.6 is 0 Å². The largest absolute Gasteiger partial charge is 0.383 e. The molecule has 3 N–H and O–H groups in total. The number of nitrogens with one attached hydrogen (secondary N) is 1. The lowest BCUT2D eigenvalue weighted by Crippen LogP contribution is -2.16. The molecule has 2 heterocycles. The van der Waals surface area contributed by atoms with Crippen molar-refractivity contribution in [2.24, 2.45) is 0 Å². The molecule has 0 aliphatic heterocycles. The molecule has 0 bridgehead atoms. The van der Waals surface area contributed by atoms with E-state index >= 15 is 4.39 Å². The summed E-state index contributed by atoms with van der Waals surface area (Å²) in [7, 11) is -4.75. The maximum absolute atomic E-state index is 15.0. The van der Waals surface area contributed by atoms with Gasteiger partial charge in [0.2, 0.25) is 0 Å². The fourth-order valence-electron chi connectivity index (χ4n) is 4.47. The van der Waals surface area contributed by atoms with Crippen LogP contribution in [0.15, 0.2) is 47.8 Å². The van der Waals surface area contributed by atoms with Crippen molar-refractivity contribution in [3.05, 3.63) is 66.1 Å². The Morgan fingerprint density at radius 1 is 0.971 bits per heavy atom. The smallest absolute Gasteiger partial charge is 0.265 e. The molecule has 1 aliphatic rings. The number of hydrogen-bond donors (Lipinski definition) is 2. The van der Waals surface area contributed by atoms with Crippen LogP contribution in [0.1, 0.15) is 31.7 Å². The zero-order valence-electron chi connectivity index (χ0n) is 18.1. The summed E-state index contributed by atoms with van der Waals surface area (Å²) >= 11 is 0. The number of anilines is 2. The number of rotatable bonds is 5.